The number of fused-ring (bicyclic) bond motifs is 1. The maximum absolute atomic E-state index is 14.3. The van der Waals surface area contributed by atoms with Gasteiger partial charge in [-0.3, -0.25) is 9.89 Å². The van der Waals surface area contributed by atoms with E-state index in [2.05, 4.69) is 15.4 Å². The van der Waals surface area contributed by atoms with E-state index in [1.807, 2.05) is 0 Å². The molecule has 1 aliphatic heterocycles. The summed E-state index contributed by atoms with van der Waals surface area (Å²) in [7, 11) is 0. The normalized spacial score (nSPS) is 13.8. The van der Waals surface area contributed by atoms with Gasteiger partial charge in [0.15, 0.2) is 0 Å². The molecule has 0 saturated heterocycles. The van der Waals surface area contributed by atoms with Crippen LogP contribution < -0.4 is 0 Å². The Labute approximate surface area is 147 Å². The van der Waals surface area contributed by atoms with Crippen molar-refractivity contribution in [3.63, 3.8) is 0 Å². The number of rotatable bonds is 2. The Morgan fingerprint density at radius 1 is 1.44 bits per heavy atom. The molecule has 0 saturated carbocycles. The second-order valence-corrected chi connectivity index (χ2v) is 6.32. The number of hydrogen-bond donors (Lipinski definition) is 1. The minimum Gasteiger partial charge on any atom is -0.360 e. The molecule has 0 spiro atoms. The van der Waals surface area contributed by atoms with Crippen LogP contribution in [0.4, 0.5) is 4.39 Å². The Bertz CT molecular complexity index is 945. The van der Waals surface area contributed by atoms with Crippen LogP contribution in [-0.2, 0) is 13.0 Å². The van der Waals surface area contributed by atoms with Gasteiger partial charge in [0, 0.05) is 30.8 Å². The van der Waals surface area contributed by atoms with E-state index in [1.165, 1.54) is 12.1 Å². The van der Waals surface area contributed by atoms with E-state index >= 15 is 0 Å². The largest absolute Gasteiger partial charge is 0.360 e. The first kappa shape index (κ1) is 15.8. The highest BCUT2D eigenvalue weighted by Crippen LogP contribution is 2.34. The molecule has 6 nitrogen and oxygen atoms in total. The quantitative estimate of drug-likeness (QED) is 0.760. The number of benzene rings is 1. The van der Waals surface area contributed by atoms with Crippen molar-refractivity contribution in [2.45, 2.75) is 19.9 Å². The molecule has 25 heavy (non-hydrogen) atoms. The molecule has 0 atom stereocenters. The van der Waals surface area contributed by atoms with Gasteiger partial charge in [0.05, 0.1) is 16.8 Å². The first-order valence-electron chi connectivity index (χ1n) is 7.77. The molecule has 0 aliphatic carbocycles. The molecule has 128 valence electrons. The third-order valence-electron chi connectivity index (χ3n) is 4.36. The number of hydrogen-bond acceptors (Lipinski definition) is 4. The van der Waals surface area contributed by atoms with E-state index in [-0.39, 0.29) is 27.8 Å². The number of carbonyl (C=O) groups excluding carboxylic acids is 1. The minimum atomic E-state index is -0.550. The number of nitrogens with zero attached hydrogens (tertiary/aromatic N) is 3. The number of aromatic nitrogens is 3. The molecule has 3 aromatic rings. The van der Waals surface area contributed by atoms with Crippen molar-refractivity contribution < 1.29 is 13.7 Å². The van der Waals surface area contributed by atoms with Crippen LogP contribution in [0.15, 0.2) is 28.9 Å². The fraction of sp³-hybridized carbons (Fsp3) is 0.235. The zero-order valence-corrected chi connectivity index (χ0v) is 14.1. The molecular weight excluding hydrogens is 347 g/mol. The molecule has 2 aromatic heterocycles. The molecule has 0 fully saturated rings. The van der Waals surface area contributed by atoms with Gasteiger partial charge in [-0.1, -0.05) is 22.8 Å². The van der Waals surface area contributed by atoms with Crippen molar-refractivity contribution in [1.29, 1.82) is 0 Å². The van der Waals surface area contributed by atoms with Gasteiger partial charge < -0.3 is 9.42 Å². The topological polar surface area (TPSA) is 75.0 Å². The molecule has 0 radical (unpaired) electrons. The summed E-state index contributed by atoms with van der Waals surface area (Å²) in [5.74, 6) is -0.483. The number of aromatic amines is 1. The summed E-state index contributed by atoms with van der Waals surface area (Å²) in [5, 5.41) is 11.0. The second-order valence-electron chi connectivity index (χ2n) is 5.91. The molecular formula is C17H14ClFN4O2. The van der Waals surface area contributed by atoms with Crippen LogP contribution in [0.5, 0.6) is 0 Å². The summed E-state index contributed by atoms with van der Waals surface area (Å²) < 4.78 is 19.5. The smallest absolute Gasteiger partial charge is 0.260 e. The van der Waals surface area contributed by atoms with E-state index in [1.54, 1.807) is 24.1 Å². The van der Waals surface area contributed by atoms with Crippen molar-refractivity contribution in [3.8, 4) is 11.3 Å². The highest BCUT2D eigenvalue weighted by molar-refractivity contribution is 6.33. The Hall–Kier alpha value is -2.67. The average molecular weight is 361 g/mol. The Morgan fingerprint density at radius 2 is 2.28 bits per heavy atom. The average Bonchev–Trinajstić information content (AvgIpc) is 3.20. The lowest BCUT2D eigenvalue weighted by Gasteiger charge is -2.26. The summed E-state index contributed by atoms with van der Waals surface area (Å²) in [4.78, 5) is 14.7. The standard InChI is InChI=1S/C17H14ClFN4O2/c1-9-14(16(22-25-9)15-11(18)3-2-4-12(15)19)17(24)23-6-5-13-10(8-23)7-20-21-13/h2-4,7H,5-6,8H2,1H3,(H,20,21). The molecule has 1 N–H and O–H groups in total. The van der Waals surface area contributed by atoms with Gasteiger partial charge in [-0.25, -0.2) is 4.39 Å². The second kappa shape index (κ2) is 6.00. The van der Waals surface area contributed by atoms with Crippen molar-refractivity contribution in [1.82, 2.24) is 20.3 Å². The van der Waals surface area contributed by atoms with Crippen molar-refractivity contribution in [2.24, 2.45) is 0 Å². The van der Waals surface area contributed by atoms with Crippen LogP contribution in [-0.4, -0.2) is 32.7 Å². The molecule has 8 heteroatoms. The number of carbonyl (C=O) groups is 1. The number of H-pyrrole nitrogens is 1. The summed E-state index contributed by atoms with van der Waals surface area (Å²) in [5.41, 5.74) is 2.44. The molecule has 1 amide bonds. The van der Waals surface area contributed by atoms with Crippen LogP contribution in [0.3, 0.4) is 0 Å². The zero-order valence-electron chi connectivity index (χ0n) is 13.3. The predicted molar refractivity (Wildman–Crippen MR) is 88.7 cm³/mol. The SMILES string of the molecule is Cc1onc(-c2c(F)cccc2Cl)c1C(=O)N1CCc2[nH]ncc2C1. The fourth-order valence-corrected chi connectivity index (χ4v) is 3.32. The van der Waals surface area contributed by atoms with Gasteiger partial charge in [0.2, 0.25) is 0 Å². The number of aryl methyl sites for hydroxylation is 1. The zero-order chi connectivity index (χ0) is 17.6. The van der Waals surface area contributed by atoms with E-state index in [0.717, 1.165) is 11.3 Å². The summed E-state index contributed by atoms with van der Waals surface area (Å²) >= 11 is 6.13. The van der Waals surface area contributed by atoms with E-state index < -0.39 is 5.82 Å². The lowest BCUT2D eigenvalue weighted by molar-refractivity contribution is 0.0733. The highest BCUT2D eigenvalue weighted by atomic mass is 35.5. The van der Waals surface area contributed by atoms with E-state index in [4.69, 9.17) is 16.1 Å². The van der Waals surface area contributed by atoms with Crippen LogP contribution in [0.25, 0.3) is 11.3 Å². The van der Waals surface area contributed by atoms with Gasteiger partial charge in [-0.2, -0.15) is 5.10 Å². The fourth-order valence-electron chi connectivity index (χ4n) is 3.07. The van der Waals surface area contributed by atoms with Gasteiger partial charge in [0.25, 0.3) is 5.91 Å². The highest BCUT2D eigenvalue weighted by Gasteiger charge is 2.30. The van der Waals surface area contributed by atoms with Crippen molar-refractivity contribution in [2.75, 3.05) is 6.54 Å². The third-order valence-corrected chi connectivity index (χ3v) is 4.68. The Kier molecular flexibility index (Phi) is 3.80. The monoisotopic (exact) mass is 360 g/mol. The summed E-state index contributed by atoms with van der Waals surface area (Å²) in [6.07, 6.45) is 2.39. The number of nitrogens with one attached hydrogen (secondary N) is 1. The molecule has 1 aliphatic rings. The van der Waals surface area contributed by atoms with Gasteiger partial charge in [0.1, 0.15) is 22.8 Å². The Balaban J connectivity index is 1.74. The van der Waals surface area contributed by atoms with E-state index in [9.17, 15) is 9.18 Å². The van der Waals surface area contributed by atoms with Gasteiger partial charge in [-0.05, 0) is 19.1 Å². The lowest BCUT2D eigenvalue weighted by atomic mass is 10.0. The summed E-state index contributed by atoms with van der Waals surface area (Å²) in [6, 6.07) is 4.33. The van der Waals surface area contributed by atoms with Gasteiger partial charge in [-0.15, -0.1) is 0 Å². The number of amides is 1. The maximum Gasteiger partial charge on any atom is 0.260 e. The first-order valence-corrected chi connectivity index (χ1v) is 8.15. The predicted octanol–water partition coefficient (Wildman–Crippen LogP) is 3.36. The summed E-state index contributed by atoms with van der Waals surface area (Å²) in [6.45, 7) is 2.59. The number of halogens is 2. The third kappa shape index (κ3) is 2.60. The lowest BCUT2D eigenvalue weighted by Crippen LogP contribution is -2.36. The van der Waals surface area contributed by atoms with Crippen LogP contribution in [0.2, 0.25) is 5.02 Å². The van der Waals surface area contributed by atoms with E-state index in [0.29, 0.717) is 25.3 Å². The maximum atomic E-state index is 14.3. The van der Waals surface area contributed by atoms with Gasteiger partial charge >= 0.3 is 0 Å². The molecule has 1 aromatic carbocycles. The van der Waals surface area contributed by atoms with Crippen molar-refractivity contribution in [3.05, 3.63) is 57.8 Å². The first-order chi connectivity index (χ1) is 12.1. The van der Waals surface area contributed by atoms with Crippen molar-refractivity contribution >= 4 is 17.5 Å². The molecule has 4 rings (SSSR count). The Morgan fingerprint density at radius 3 is 3.08 bits per heavy atom. The molecule has 3 heterocycles. The molecule has 0 bridgehead atoms. The minimum absolute atomic E-state index is 0.0744. The van der Waals surface area contributed by atoms with Crippen LogP contribution >= 0.6 is 11.6 Å². The van der Waals surface area contributed by atoms with Crippen LogP contribution in [0.1, 0.15) is 27.4 Å². The molecule has 0 unspecified atom stereocenters. The van der Waals surface area contributed by atoms with Crippen LogP contribution in [0, 0.1) is 12.7 Å².